The molecule has 0 aliphatic carbocycles. The number of para-hydroxylation sites is 1. The lowest BCUT2D eigenvalue weighted by atomic mass is 10.3. The second-order valence-electron chi connectivity index (χ2n) is 6.66. The summed E-state index contributed by atoms with van der Waals surface area (Å²) < 4.78 is 19.9. The van der Waals surface area contributed by atoms with Crippen LogP contribution in [0.3, 0.4) is 0 Å². The summed E-state index contributed by atoms with van der Waals surface area (Å²) in [6, 6.07) is 12.1. The van der Waals surface area contributed by atoms with Crippen molar-refractivity contribution in [3.8, 4) is 5.75 Å². The molecule has 6 nitrogen and oxygen atoms in total. The molecule has 3 heterocycles. The van der Waals surface area contributed by atoms with Crippen LogP contribution in [-0.2, 0) is 9.47 Å². The van der Waals surface area contributed by atoms with Crippen molar-refractivity contribution in [1.82, 2.24) is 14.7 Å². The molecule has 0 amide bonds. The van der Waals surface area contributed by atoms with Crippen LogP contribution in [0.2, 0.25) is 0 Å². The van der Waals surface area contributed by atoms with E-state index in [9.17, 15) is 0 Å². The molecule has 0 spiro atoms. The molecule has 2 fully saturated rings. The Morgan fingerprint density at radius 3 is 2.48 bits per heavy atom. The first-order chi connectivity index (χ1) is 12.4. The molecule has 2 aliphatic rings. The van der Waals surface area contributed by atoms with Gasteiger partial charge >= 0.3 is 0 Å². The van der Waals surface area contributed by atoms with E-state index in [2.05, 4.69) is 10.00 Å². The Kier molecular flexibility index (Phi) is 5.30. The number of hydrogen-bond acceptors (Lipinski definition) is 5. The van der Waals surface area contributed by atoms with Gasteiger partial charge in [0.15, 0.2) is 0 Å². The molecule has 1 aromatic carbocycles. The molecule has 0 radical (unpaired) electrons. The Morgan fingerprint density at radius 2 is 1.80 bits per heavy atom. The zero-order valence-corrected chi connectivity index (χ0v) is 14.4. The Balaban J connectivity index is 1.19. The molecule has 2 saturated heterocycles. The first-order valence-electron chi connectivity index (χ1n) is 9.01. The molecule has 25 heavy (non-hydrogen) atoms. The molecule has 6 heteroatoms. The number of hydrogen-bond donors (Lipinski definition) is 0. The predicted molar refractivity (Wildman–Crippen MR) is 93.7 cm³/mol. The molecule has 2 aromatic rings. The van der Waals surface area contributed by atoms with Gasteiger partial charge in [-0.3, -0.25) is 9.58 Å². The van der Waals surface area contributed by atoms with Gasteiger partial charge in [-0.15, -0.1) is 0 Å². The van der Waals surface area contributed by atoms with Gasteiger partial charge < -0.3 is 14.2 Å². The van der Waals surface area contributed by atoms with Gasteiger partial charge in [0, 0.05) is 32.0 Å². The normalized spacial score (nSPS) is 24.8. The van der Waals surface area contributed by atoms with E-state index in [0.717, 1.165) is 38.4 Å². The summed E-state index contributed by atoms with van der Waals surface area (Å²) in [5.74, 6) is 0.936. The zero-order chi connectivity index (χ0) is 16.9. The number of rotatable bonds is 6. The van der Waals surface area contributed by atoms with E-state index in [1.807, 2.05) is 47.3 Å². The smallest absolute Gasteiger partial charge is 0.119 e. The predicted octanol–water partition coefficient (Wildman–Crippen LogP) is 1.99. The maximum atomic E-state index is 6.11. The van der Waals surface area contributed by atoms with Crippen molar-refractivity contribution in [2.75, 3.05) is 39.5 Å². The van der Waals surface area contributed by atoms with Crippen molar-refractivity contribution in [1.29, 1.82) is 0 Å². The average Bonchev–Trinajstić information content (AvgIpc) is 3.27. The largest absolute Gasteiger partial charge is 0.494 e. The maximum Gasteiger partial charge on any atom is 0.119 e. The van der Waals surface area contributed by atoms with Crippen LogP contribution in [0.25, 0.3) is 0 Å². The number of benzene rings is 1. The zero-order valence-electron chi connectivity index (χ0n) is 14.4. The lowest BCUT2D eigenvalue weighted by Crippen LogP contribution is -2.27. The first kappa shape index (κ1) is 16.6. The van der Waals surface area contributed by atoms with Crippen LogP contribution < -0.4 is 4.74 Å². The molecule has 4 rings (SSSR count). The molecule has 0 unspecified atom stereocenters. The average molecular weight is 343 g/mol. The van der Waals surface area contributed by atoms with Crippen molar-refractivity contribution in [2.45, 2.75) is 24.7 Å². The van der Waals surface area contributed by atoms with Gasteiger partial charge in [-0.2, -0.15) is 5.10 Å². The first-order valence-corrected chi connectivity index (χ1v) is 9.01. The van der Waals surface area contributed by atoms with Gasteiger partial charge in [0.2, 0.25) is 0 Å². The lowest BCUT2D eigenvalue weighted by molar-refractivity contribution is -0.00461. The van der Waals surface area contributed by atoms with Crippen LogP contribution in [0.1, 0.15) is 12.5 Å². The van der Waals surface area contributed by atoms with Crippen molar-refractivity contribution in [2.24, 2.45) is 0 Å². The third-order valence-electron chi connectivity index (χ3n) is 4.83. The molecule has 0 saturated carbocycles. The number of fused-ring (bicyclic) bond motifs is 1. The van der Waals surface area contributed by atoms with Gasteiger partial charge in [0.25, 0.3) is 0 Å². The summed E-state index contributed by atoms with van der Waals surface area (Å²) in [4.78, 5) is 2.41. The second-order valence-corrected chi connectivity index (χ2v) is 6.66. The van der Waals surface area contributed by atoms with Crippen LogP contribution in [-0.4, -0.2) is 66.3 Å². The second kappa shape index (κ2) is 7.99. The van der Waals surface area contributed by atoms with E-state index in [4.69, 9.17) is 14.2 Å². The summed E-state index contributed by atoms with van der Waals surface area (Å²) in [6.07, 6.45) is 5.10. The van der Waals surface area contributed by atoms with Gasteiger partial charge in [0.1, 0.15) is 5.75 Å². The van der Waals surface area contributed by atoms with E-state index in [0.29, 0.717) is 13.2 Å². The van der Waals surface area contributed by atoms with Crippen LogP contribution >= 0.6 is 0 Å². The monoisotopic (exact) mass is 343 g/mol. The van der Waals surface area contributed by atoms with Crippen LogP contribution in [0, 0.1) is 0 Å². The molecule has 134 valence electrons. The topological polar surface area (TPSA) is 48.8 Å². The lowest BCUT2D eigenvalue weighted by Gasteiger charge is -2.18. The van der Waals surface area contributed by atoms with Crippen LogP contribution in [0.15, 0.2) is 48.8 Å². The summed E-state index contributed by atoms with van der Waals surface area (Å²) in [7, 11) is 0. The van der Waals surface area contributed by atoms with E-state index in [-0.39, 0.29) is 18.2 Å². The minimum absolute atomic E-state index is 0.163. The number of likely N-dealkylation sites (tertiary alicyclic amines) is 1. The third-order valence-corrected chi connectivity index (χ3v) is 4.83. The van der Waals surface area contributed by atoms with E-state index >= 15 is 0 Å². The highest BCUT2D eigenvalue weighted by Crippen LogP contribution is 2.23. The van der Waals surface area contributed by atoms with Crippen molar-refractivity contribution in [3.63, 3.8) is 0 Å². The van der Waals surface area contributed by atoms with Gasteiger partial charge in [0.05, 0.1) is 38.1 Å². The molecule has 2 atom stereocenters. The highest BCUT2D eigenvalue weighted by Gasteiger charge is 2.37. The van der Waals surface area contributed by atoms with E-state index in [1.54, 1.807) is 6.20 Å². The molecular weight excluding hydrogens is 318 g/mol. The Labute approximate surface area is 148 Å². The van der Waals surface area contributed by atoms with Gasteiger partial charge in [-0.25, -0.2) is 0 Å². The minimum Gasteiger partial charge on any atom is -0.494 e. The number of ether oxygens (including phenoxy) is 3. The fourth-order valence-electron chi connectivity index (χ4n) is 3.48. The Bertz CT molecular complexity index is 619. The molecule has 0 N–H and O–H groups in total. The summed E-state index contributed by atoms with van der Waals surface area (Å²) in [5.41, 5.74) is 0. The minimum atomic E-state index is 0.163. The Hall–Kier alpha value is -1.89. The highest BCUT2D eigenvalue weighted by atomic mass is 16.6. The van der Waals surface area contributed by atoms with Crippen LogP contribution in [0.4, 0.5) is 0 Å². The van der Waals surface area contributed by atoms with Gasteiger partial charge in [-0.05, 0) is 24.6 Å². The van der Waals surface area contributed by atoms with Gasteiger partial charge in [-0.1, -0.05) is 18.2 Å². The molecule has 2 aliphatic heterocycles. The maximum absolute atomic E-state index is 6.11. The molecular formula is C19H25N3O3. The SMILES string of the molecule is c1ccc(OCCCN2C[C@@H]3OCC(n4cccn4)CO[C@H]3C2)cc1. The van der Waals surface area contributed by atoms with E-state index < -0.39 is 0 Å². The quantitative estimate of drug-likeness (QED) is 0.751. The molecule has 1 aromatic heterocycles. The summed E-state index contributed by atoms with van der Waals surface area (Å²) in [5, 5.41) is 4.30. The number of nitrogens with zero attached hydrogens (tertiary/aromatic N) is 3. The van der Waals surface area contributed by atoms with Crippen molar-refractivity contribution in [3.05, 3.63) is 48.8 Å². The third kappa shape index (κ3) is 4.21. The summed E-state index contributed by atoms with van der Waals surface area (Å²) in [6.45, 7) is 4.93. The number of aromatic nitrogens is 2. The fourth-order valence-corrected chi connectivity index (χ4v) is 3.48. The standard InChI is InChI=1S/C19H25N3O3/c1-2-6-17(7-3-1)23-11-5-9-21-12-18-19(13-21)25-15-16(14-24-18)22-10-4-8-20-22/h1-4,6-8,10,16,18-19H,5,9,11-15H2/t18-,19-/m0/s1. The van der Waals surface area contributed by atoms with Crippen molar-refractivity contribution >= 4 is 0 Å². The van der Waals surface area contributed by atoms with E-state index in [1.165, 1.54) is 0 Å². The molecule has 0 bridgehead atoms. The summed E-state index contributed by atoms with van der Waals surface area (Å²) >= 11 is 0. The van der Waals surface area contributed by atoms with Crippen molar-refractivity contribution < 1.29 is 14.2 Å². The van der Waals surface area contributed by atoms with Crippen LogP contribution in [0.5, 0.6) is 5.75 Å². The fraction of sp³-hybridized carbons (Fsp3) is 0.526. The highest BCUT2D eigenvalue weighted by molar-refractivity contribution is 5.20. The Morgan fingerprint density at radius 1 is 1.04 bits per heavy atom.